The lowest BCUT2D eigenvalue weighted by Gasteiger charge is -2.59. The van der Waals surface area contributed by atoms with Gasteiger partial charge in [0.15, 0.2) is 5.78 Å². The zero-order valence-electron chi connectivity index (χ0n) is 16.0. The van der Waals surface area contributed by atoms with E-state index in [4.69, 9.17) is 4.74 Å². The molecule has 0 bridgehead atoms. The summed E-state index contributed by atoms with van der Waals surface area (Å²) in [6.07, 6.45) is 8.78. The highest BCUT2D eigenvalue weighted by Gasteiger charge is 2.61. The van der Waals surface area contributed by atoms with Crippen LogP contribution >= 0.6 is 0 Å². The van der Waals surface area contributed by atoms with Crippen molar-refractivity contribution in [3.63, 3.8) is 0 Å². The van der Waals surface area contributed by atoms with Gasteiger partial charge in [-0.25, -0.2) is 0 Å². The summed E-state index contributed by atoms with van der Waals surface area (Å²) in [5.74, 6) is 2.89. The maximum Gasteiger partial charge on any atom is 0.155 e. The molecule has 3 saturated carbocycles. The van der Waals surface area contributed by atoms with Gasteiger partial charge in [-0.05, 0) is 68.8 Å². The summed E-state index contributed by atoms with van der Waals surface area (Å²) in [6.45, 7) is 8.04. The second-order valence-corrected chi connectivity index (χ2v) is 9.25. The van der Waals surface area contributed by atoms with Gasteiger partial charge in [0.05, 0.1) is 6.61 Å². The lowest BCUT2D eigenvalue weighted by Crippen LogP contribution is -2.56. The Labute approximate surface area is 151 Å². The Balaban J connectivity index is 1.75. The van der Waals surface area contributed by atoms with Crippen molar-refractivity contribution in [1.29, 1.82) is 0 Å². The van der Waals surface area contributed by atoms with Crippen molar-refractivity contribution in [2.24, 2.45) is 34.5 Å². The molecule has 0 heterocycles. The summed E-state index contributed by atoms with van der Waals surface area (Å²) in [5.41, 5.74) is 1.31. The third-order valence-corrected chi connectivity index (χ3v) is 8.42. The molecule has 0 spiro atoms. The fraction of sp³-hybridized carbons (Fsp3) is 0.818. The standard InChI is InChI=1S/C22H32O3/c1-4-25-13-22-14(2)11-16(23)12-15(22)5-6-17-18-7-8-20(24)21(18,3)10-9-19(17)22/h12,14,17-19H,4-11,13H2,1-3H3/t14?,17-,18-,19+,21-,22-/m0/s1. The number of carbonyl (C=O) groups excluding carboxylic acids is 2. The monoisotopic (exact) mass is 344 g/mol. The van der Waals surface area contributed by atoms with Crippen LogP contribution in [0.4, 0.5) is 0 Å². The zero-order chi connectivity index (χ0) is 17.8. The average molecular weight is 344 g/mol. The summed E-state index contributed by atoms with van der Waals surface area (Å²) in [6, 6.07) is 0. The fourth-order valence-electron chi connectivity index (χ4n) is 7.13. The number of hydrogen-bond donors (Lipinski definition) is 0. The highest BCUT2D eigenvalue weighted by Crippen LogP contribution is 2.65. The quantitative estimate of drug-likeness (QED) is 0.764. The first-order chi connectivity index (χ1) is 11.9. The first kappa shape index (κ1) is 17.5. The second kappa shape index (κ2) is 6.04. The molecule has 0 aliphatic heterocycles. The molecule has 0 N–H and O–H groups in total. The molecular formula is C22H32O3. The lowest BCUT2D eigenvalue weighted by atomic mass is 9.45. The van der Waals surface area contributed by atoms with E-state index in [1.54, 1.807) is 0 Å². The zero-order valence-corrected chi connectivity index (χ0v) is 16.0. The Kier molecular flexibility index (Phi) is 4.22. The predicted octanol–water partition coefficient (Wildman–Crippen LogP) is 4.35. The highest BCUT2D eigenvalue weighted by atomic mass is 16.5. The minimum absolute atomic E-state index is 0.0276. The van der Waals surface area contributed by atoms with E-state index in [9.17, 15) is 9.59 Å². The number of hydrogen-bond acceptors (Lipinski definition) is 3. The van der Waals surface area contributed by atoms with Crippen molar-refractivity contribution in [1.82, 2.24) is 0 Å². The van der Waals surface area contributed by atoms with E-state index in [1.165, 1.54) is 5.57 Å². The highest BCUT2D eigenvalue weighted by molar-refractivity contribution is 5.92. The van der Waals surface area contributed by atoms with E-state index in [1.807, 2.05) is 6.08 Å². The van der Waals surface area contributed by atoms with Gasteiger partial charge in [0.2, 0.25) is 0 Å². The van der Waals surface area contributed by atoms with Gasteiger partial charge in [0.25, 0.3) is 0 Å². The number of ketones is 2. The molecule has 0 radical (unpaired) electrons. The largest absolute Gasteiger partial charge is 0.381 e. The number of carbonyl (C=O) groups is 2. The Morgan fingerprint density at radius 1 is 1.16 bits per heavy atom. The molecule has 25 heavy (non-hydrogen) atoms. The van der Waals surface area contributed by atoms with Crippen molar-refractivity contribution in [2.45, 2.75) is 65.7 Å². The number of Topliss-reactive ketones (excluding diaryl/α,β-unsaturated/α-hetero) is 1. The Morgan fingerprint density at radius 3 is 2.72 bits per heavy atom. The maximum absolute atomic E-state index is 12.6. The van der Waals surface area contributed by atoms with Crippen LogP contribution < -0.4 is 0 Å². The van der Waals surface area contributed by atoms with Gasteiger partial charge in [0, 0.05) is 30.3 Å². The van der Waals surface area contributed by atoms with E-state index in [-0.39, 0.29) is 10.8 Å². The molecule has 0 aromatic carbocycles. The molecule has 6 atom stereocenters. The molecule has 0 aromatic rings. The van der Waals surface area contributed by atoms with Gasteiger partial charge < -0.3 is 4.74 Å². The number of ether oxygens (including phenoxy) is 1. The van der Waals surface area contributed by atoms with Crippen LogP contribution in [-0.4, -0.2) is 24.8 Å². The summed E-state index contributed by atoms with van der Waals surface area (Å²) in [4.78, 5) is 24.8. The summed E-state index contributed by atoms with van der Waals surface area (Å²) in [7, 11) is 0. The van der Waals surface area contributed by atoms with Crippen LogP contribution in [0, 0.1) is 34.5 Å². The molecule has 3 fully saturated rings. The van der Waals surface area contributed by atoms with Gasteiger partial charge in [-0.2, -0.15) is 0 Å². The normalized spacial score (nSPS) is 46.3. The predicted molar refractivity (Wildman–Crippen MR) is 97.1 cm³/mol. The fourth-order valence-corrected chi connectivity index (χ4v) is 7.13. The van der Waals surface area contributed by atoms with Gasteiger partial charge in [-0.3, -0.25) is 9.59 Å². The molecule has 0 aromatic heterocycles. The van der Waals surface area contributed by atoms with Crippen LogP contribution in [0.2, 0.25) is 0 Å². The van der Waals surface area contributed by atoms with Gasteiger partial charge in [-0.15, -0.1) is 0 Å². The smallest absolute Gasteiger partial charge is 0.155 e. The van der Waals surface area contributed by atoms with Crippen molar-refractivity contribution in [3.05, 3.63) is 11.6 Å². The van der Waals surface area contributed by atoms with Gasteiger partial charge >= 0.3 is 0 Å². The molecule has 4 aliphatic carbocycles. The van der Waals surface area contributed by atoms with Crippen molar-refractivity contribution >= 4 is 11.6 Å². The van der Waals surface area contributed by atoms with E-state index < -0.39 is 0 Å². The van der Waals surface area contributed by atoms with Crippen LogP contribution in [0.1, 0.15) is 65.7 Å². The average Bonchev–Trinajstić information content (AvgIpc) is 2.88. The van der Waals surface area contributed by atoms with Crippen LogP contribution in [0.5, 0.6) is 0 Å². The number of rotatable bonds is 3. The van der Waals surface area contributed by atoms with E-state index in [0.717, 1.165) is 51.7 Å². The minimum atomic E-state index is -0.0804. The van der Waals surface area contributed by atoms with Crippen LogP contribution in [0.15, 0.2) is 11.6 Å². The third-order valence-electron chi connectivity index (χ3n) is 8.42. The van der Waals surface area contributed by atoms with Crippen LogP contribution in [-0.2, 0) is 14.3 Å². The summed E-state index contributed by atoms with van der Waals surface area (Å²) >= 11 is 0. The second-order valence-electron chi connectivity index (χ2n) is 9.25. The maximum atomic E-state index is 12.6. The van der Waals surface area contributed by atoms with Crippen molar-refractivity contribution in [3.8, 4) is 0 Å². The first-order valence-corrected chi connectivity index (χ1v) is 10.3. The molecular weight excluding hydrogens is 312 g/mol. The Morgan fingerprint density at radius 2 is 1.96 bits per heavy atom. The van der Waals surface area contributed by atoms with Crippen molar-refractivity contribution in [2.75, 3.05) is 13.2 Å². The van der Waals surface area contributed by atoms with Gasteiger partial charge in [0.1, 0.15) is 5.78 Å². The van der Waals surface area contributed by atoms with Crippen LogP contribution in [0.3, 0.4) is 0 Å². The SMILES string of the molecule is CCOC[C@@]12C(=CC(=O)CC1C)CC[C@@H]1[C@H]2CC[C@]2(C)C(=O)CC[C@@H]12. The molecule has 1 unspecified atom stereocenters. The minimum Gasteiger partial charge on any atom is -0.381 e. The molecule has 4 rings (SSSR count). The molecule has 0 amide bonds. The molecule has 0 saturated heterocycles. The Hall–Kier alpha value is -0.960. The van der Waals surface area contributed by atoms with E-state index >= 15 is 0 Å². The summed E-state index contributed by atoms with van der Waals surface area (Å²) in [5, 5.41) is 0. The van der Waals surface area contributed by atoms with E-state index in [2.05, 4.69) is 20.8 Å². The molecule has 138 valence electrons. The van der Waals surface area contributed by atoms with Crippen molar-refractivity contribution < 1.29 is 14.3 Å². The topological polar surface area (TPSA) is 43.4 Å². The molecule has 4 aliphatic rings. The first-order valence-electron chi connectivity index (χ1n) is 10.3. The number of fused-ring (bicyclic) bond motifs is 5. The lowest BCUT2D eigenvalue weighted by molar-refractivity contribution is -0.138. The molecule has 3 heteroatoms. The van der Waals surface area contributed by atoms with Crippen LogP contribution in [0.25, 0.3) is 0 Å². The third kappa shape index (κ3) is 2.34. The summed E-state index contributed by atoms with van der Waals surface area (Å²) < 4.78 is 6.03. The van der Waals surface area contributed by atoms with Gasteiger partial charge in [-0.1, -0.05) is 19.4 Å². The Bertz CT molecular complexity index is 621. The molecule has 3 nitrogen and oxygen atoms in total. The van der Waals surface area contributed by atoms with E-state index in [0.29, 0.717) is 41.7 Å².